The normalized spacial score (nSPS) is 10.3. The zero-order chi connectivity index (χ0) is 14.0. The Labute approximate surface area is 109 Å². The first-order valence-electron chi connectivity index (χ1n) is 5.60. The van der Waals surface area contributed by atoms with E-state index in [-0.39, 0.29) is 16.9 Å². The lowest BCUT2D eigenvalue weighted by molar-refractivity contribution is 0.102. The van der Waals surface area contributed by atoms with Gasteiger partial charge in [0, 0.05) is 0 Å². The van der Waals surface area contributed by atoms with E-state index in [4.69, 9.17) is 5.73 Å². The summed E-state index contributed by atoms with van der Waals surface area (Å²) in [6.07, 6.45) is 0. The Kier molecular flexibility index (Phi) is 3.46. The van der Waals surface area contributed by atoms with Crippen molar-refractivity contribution in [1.82, 2.24) is 0 Å². The molecule has 1 amide bonds. The average molecular weight is 262 g/mol. The molecule has 2 rings (SSSR count). The standard InChI is InChI=1S/C14H12F2N2O/c1-8-5-6-12(11(16)7-8)18-14(19)9-3-2-4-10(15)13(9)17/h2-7H,17H2,1H3,(H,18,19). The van der Waals surface area contributed by atoms with Gasteiger partial charge in [0.2, 0.25) is 0 Å². The maximum Gasteiger partial charge on any atom is 0.257 e. The first-order valence-corrected chi connectivity index (χ1v) is 5.60. The number of halogens is 2. The van der Waals surface area contributed by atoms with Crippen molar-refractivity contribution in [3.05, 3.63) is 59.2 Å². The van der Waals surface area contributed by atoms with E-state index >= 15 is 0 Å². The maximum absolute atomic E-state index is 13.6. The minimum atomic E-state index is -0.683. The zero-order valence-corrected chi connectivity index (χ0v) is 10.2. The number of carbonyl (C=O) groups is 1. The van der Waals surface area contributed by atoms with Gasteiger partial charge in [-0.1, -0.05) is 12.1 Å². The topological polar surface area (TPSA) is 55.1 Å². The van der Waals surface area contributed by atoms with Crippen molar-refractivity contribution in [3.63, 3.8) is 0 Å². The average Bonchev–Trinajstić information content (AvgIpc) is 2.36. The molecule has 0 saturated heterocycles. The van der Waals surface area contributed by atoms with Gasteiger partial charge in [-0.3, -0.25) is 4.79 Å². The summed E-state index contributed by atoms with van der Waals surface area (Å²) in [6.45, 7) is 1.74. The first kappa shape index (κ1) is 13.0. The predicted octanol–water partition coefficient (Wildman–Crippen LogP) is 3.11. The Morgan fingerprint density at radius 1 is 1.16 bits per heavy atom. The summed E-state index contributed by atoms with van der Waals surface area (Å²) < 4.78 is 26.8. The lowest BCUT2D eigenvalue weighted by Crippen LogP contribution is -2.15. The first-order chi connectivity index (χ1) is 8.99. The quantitative estimate of drug-likeness (QED) is 0.817. The number of amides is 1. The van der Waals surface area contributed by atoms with Crippen LogP contribution >= 0.6 is 0 Å². The van der Waals surface area contributed by atoms with Crippen molar-refractivity contribution in [3.8, 4) is 0 Å². The zero-order valence-electron chi connectivity index (χ0n) is 10.2. The number of hydrogen-bond acceptors (Lipinski definition) is 2. The van der Waals surface area contributed by atoms with Crippen LogP contribution in [0.4, 0.5) is 20.2 Å². The molecule has 0 radical (unpaired) electrons. The minimum absolute atomic E-state index is 0.0271. The van der Waals surface area contributed by atoms with E-state index in [1.54, 1.807) is 13.0 Å². The largest absolute Gasteiger partial charge is 0.396 e. The summed E-state index contributed by atoms with van der Waals surface area (Å²) in [4.78, 5) is 11.9. The van der Waals surface area contributed by atoms with E-state index in [0.29, 0.717) is 0 Å². The molecule has 19 heavy (non-hydrogen) atoms. The van der Waals surface area contributed by atoms with E-state index in [9.17, 15) is 13.6 Å². The molecule has 3 nitrogen and oxygen atoms in total. The van der Waals surface area contributed by atoms with E-state index < -0.39 is 17.5 Å². The summed E-state index contributed by atoms with van der Waals surface area (Å²) in [7, 11) is 0. The number of para-hydroxylation sites is 1. The van der Waals surface area contributed by atoms with Gasteiger partial charge in [0.15, 0.2) is 0 Å². The molecule has 0 fully saturated rings. The molecular weight excluding hydrogens is 250 g/mol. The maximum atomic E-state index is 13.6. The van der Waals surface area contributed by atoms with Crippen molar-refractivity contribution >= 4 is 17.3 Å². The summed E-state index contributed by atoms with van der Waals surface area (Å²) >= 11 is 0. The van der Waals surface area contributed by atoms with Crippen molar-refractivity contribution in [2.45, 2.75) is 6.92 Å². The molecule has 2 aromatic carbocycles. The predicted molar refractivity (Wildman–Crippen MR) is 69.9 cm³/mol. The van der Waals surface area contributed by atoms with Gasteiger partial charge in [0.05, 0.1) is 16.9 Å². The Morgan fingerprint density at radius 2 is 1.89 bits per heavy atom. The van der Waals surface area contributed by atoms with Crippen molar-refractivity contribution in [2.24, 2.45) is 0 Å². The molecule has 0 bridgehead atoms. The van der Waals surface area contributed by atoms with E-state index in [1.165, 1.54) is 24.3 Å². The van der Waals surface area contributed by atoms with Gasteiger partial charge in [0.25, 0.3) is 5.91 Å². The van der Waals surface area contributed by atoms with Crippen molar-refractivity contribution in [1.29, 1.82) is 0 Å². The molecule has 0 unspecified atom stereocenters. The molecule has 0 aromatic heterocycles. The molecule has 2 aromatic rings. The van der Waals surface area contributed by atoms with Gasteiger partial charge in [-0.15, -0.1) is 0 Å². The molecule has 3 N–H and O–H groups in total. The number of benzene rings is 2. The number of aryl methyl sites for hydroxylation is 1. The summed E-state index contributed by atoms with van der Waals surface area (Å²) in [5.74, 6) is -1.89. The highest BCUT2D eigenvalue weighted by Crippen LogP contribution is 2.20. The van der Waals surface area contributed by atoms with Crippen LogP contribution < -0.4 is 11.1 Å². The fourth-order valence-electron chi connectivity index (χ4n) is 1.65. The Balaban J connectivity index is 2.28. The third-order valence-electron chi connectivity index (χ3n) is 2.67. The second-order valence-electron chi connectivity index (χ2n) is 4.14. The highest BCUT2D eigenvalue weighted by molar-refractivity contribution is 6.07. The third kappa shape index (κ3) is 2.70. The van der Waals surface area contributed by atoms with E-state index in [0.717, 1.165) is 11.6 Å². The van der Waals surface area contributed by atoms with E-state index in [1.807, 2.05) is 0 Å². The van der Waals surface area contributed by atoms with Gasteiger partial charge < -0.3 is 11.1 Å². The van der Waals surface area contributed by atoms with Crippen molar-refractivity contribution in [2.75, 3.05) is 11.1 Å². The molecule has 0 atom stereocenters. The minimum Gasteiger partial charge on any atom is -0.396 e. The van der Waals surface area contributed by atoms with Gasteiger partial charge in [-0.2, -0.15) is 0 Å². The molecule has 98 valence electrons. The van der Waals surface area contributed by atoms with Crippen LogP contribution in [0.15, 0.2) is 36.4 Å². The van der Waals surface area contributed by atoms with Gasteiger partial charge in [-0.25, -0.2) is 8.78 Å². The highest BCUT2D eigenvalue weighted by atomic mass is 19.1. The van der Waals surface area contributed by atoms with Gasteiger partial charge in [0.1, 0.15) is 11.6 Å². The number of nitrogen functional groups attached to an aromatic ring is 1. The second kappa shape index (κ2) is 5.06. The second-order valence-corrected chi connectivity index (χ2v) is 4.14. The van der Waals surface area contributed by atoms with Crippen LogP contribution in [0.2, 0.25) is 0 Å². The van der Waals surface area contributed by atoms with Crippen LogP contribution in [0.25, 0.3) is 0 Å². The number of carbonyl (C=O) groups excluding carboxylic acids is 1. The summed E-state index contributed by atoms with van der Waals surface area (Å²) in [5, 5.41) is 2.36. The molecule has 0 saturated carbocycles. The fourth-order valence-corrected chi connectivity index (χ4v) is 1.65. The number of anilines is 2. The lowest BCUT2D eigenvalue weighted by Gasteiger charge is -2.09. The van der Waals surface area contributed by atoms with Gasteiger partial charge >= 0.3 is 0 Å². The molecule has 0 spiro atoms. The van der Waals surface area contributed by atoms with Gasteiger partial charge in [-0.05, 0) is 36.8 Å². The number of hydrogen-bond donors (Lipinski definition) is 2. The molecular formula is C14H12F2N2O. The fraction of sp³-hybridized carbons (Fsp3) is 0.0714. The molecule has 0 aliphatic heterocycles. The smallest absolute Gasteiger partial charge is 0.257 e. The number of nitrogens with two attached hydrogens (primary N) is 1. The summed E-state index contributed by atoms with van der Waals surface area (Å²) in [5.41, 5.74) is 5.95. The number of nitrogens with one attached hydrogen (secondary N) is 1. The van der Waals surface area contributed by atoms with Crippen LogP contribution in [-0.4, -0.2) is 5.91 Å². The molecule has 0 aliphatic rings. The van der Waals surface area contributed by atoms with Crippen LogP contribution in [0.5, 0.6) is 0 Å². The monoisotopic (exact) mass is 262 g/mol. The molecule has 5 heteroatoms. The third-order valence-corrected chi connectivity index (χ3v) is 2.67. The Bertz CT molecular complexity index is 641. The Hall–Kier alpha value is -2.43. The van der Waals surface area contributed by atoms with E-state index in [2.05, 4.69) is 5.32 Å². The Morgan fingerprint density at radius 3 is 2.58 bits per heavy atom. The molecule has 0 aliphatic carbocycles. The van der Waals surface area contributed by atoms with Crippen molar-refractivity contribution < 1.29 is 13.6 Å². The molecule has 0 heterocycles. The lowest BCUT2D eigenvalue weighted by atomic mass is 10.1. The summed E-state index contributed by atoms with van der Waals surface area (Å²) in [6, 6.07) is 8.29. The highest BCUT2D eigenvalue weighted by Gasteiger charge is 2.14. The van der Waals surface area contributed by atoms with Crippen LogP contribution in [0.1, 0.15) is 15.9 Å². The SMILES string of the molecule is Cc1ccc(NC(=O)c2cccc(F)c2N)c(F)c1. The number of rotatable bonds is 2. The van der Waals surface area contributed by atoms with Crippen LogP contribution in [-0.2, 0) is 0 Å². The van der Waals surface area contributed by atoms with Crippen LogP contribution in [0, 0.1) is 18.6 Å². The van der Waals surface area contributed by atoms with Crippen LogP contribution in [0.3, 0.4) is 0 Å².